The zero-order valence-electron chi connectivity index (χ0n) is 10.4. The van der Waals surface area contributed by atoms with Gasteiger partial charge in [-0.2, -0.15) is 0 Å². The first-order chi connectivity index (χ1) is 8.63. The van der Waals surface area contributed by atoms with E-state index in [1.165, 1.54) is 38.5 Å². The predicted molar refractivity (Wildman–Crippen MR) is 71.3 cm³/mol. The molecule has 0 atom stereocenters. The molecule has 0 amide bonds. The summed E-state index contributed by atoms with van der Waals surface area (Å²) in [5.74, 6) is 3.05. The molecule has 4 saturated carbocycles. The molecular formula is C14H18ClN3. The number of aromatic nitrogens is 2. The summed E-state index contributed by atoms with van der Waals surface area (Å²) >= 11 is 6.06. The fraction of sp³-hybridized carbons (Fsp3) is 0.714. The SMILES string of the molecule is Nc1nc(Cl)cc(C23CC4CC(CC(C4)C2)C3)n1. The summed E-state index contributed by atoms with van der Waals surface area (Å²) in [6.45, 7) is 0. The standard InChI is InChI=1S/C14H18ClN3/c15-12-4-11(17-13(16)18-12)14-5-8-1-9(6-14)3-10(2-8)7-14/h4,8-10H,1-3,5-7H2,(H2,16,17,18). The number of hydrogen-bond donors (Lipinski definition) is 1. The number of halogens is 1. The normalized spacial score (nSPS) is 41.3. The summed E-state index contributed by atoms with van der Waals surface area (Å²) in [5, 5.41) is 0.494. The Balaban J connectivity index is 1.79. The van der Waals surface area contributed by atoms with Crippen LogP contribution in [0.1, 0.15) is 44.2 Å². The number of rotatable bonds is 1. The highest BCUT2D eigenvalue weighted by Gasteiger charge is 2.52. The van der Waals surface area contributed by atoms with Crippen molar-refractivity contribution in [3.05, 3.63) is 16.9 Å². The predicted octanol–water partition coefficient (Wildman–Crippen LogP) is 3.18. The van der Waals surface area contributed by atoms with Gasteiger partial charge in [0.1, 0.15) is 5.15 Å². The molecule has 4 fully saturated rings. The van der Waals surface area contributed by atoms with Crippen LogP contribution >= 0.6 is 11.6 Å². The van der Waals surface area contributed by atoms with Crippen LogP contribution in [0.5, 0.6) is 0 Å². The van der Waals surface area contributed by atoms with Crippen molar-refractivity contribution in [2.24, 2.45) is 17.8 Å². The number of anilines is 1. The Bertz CT molecular complexity index is 444. The van der Waals surface area contributed by atoms with Gasteiger partial charge in [0.2, 0.25) is 5.95 Å². The van der Waals surface area contributed by atoms with Crippen LogP contribution in [0.2, 0.25) is 5.15 Å². The second-order valence-electron chi connectivity index (χ2n) is 6.63. The summed E-state index contributed by atoms with van der Waals surface area (Å²) in [5.41, 5.74) is 7.14. The molecule has 0 radical (unpaired) electrons. The molecule has 2 N–H and O–H groups in total. The topological polar surface area (TPSA) is 51.8 Å². The largest absolute Gasteiger partial charge is 0.368 e. The summed E-state index contributed by atoms with van der Waals surface area (Å²) in [4.78, 5) is 8.50. The maximum atomic E-state index is 6.06. The highest BCUT2D eigenvalue weighted by Crippen LogP contribution is 2.60. The van der Waals surface area contributed by atoms with Gasteiger partial charge in [0.25, 0.3) is 0 Å². The first kappa shape index (κ1) is 11.0. The second-order valence-corrected chi connectivity index (χ2v) is 7.02. The van der Waals surface area contributed by atoms with Crippen LogP contribution in [0.25, 0.3) is 0 Å². The van der Waals surface area contributed by atoms with E-state index < -0.39 is 0 Å². The van der Waals surface area contributed by atoms with Crippen molar-refractivity contribution in [2.45, 2.75) is 43.9 Å². The Hall–Kier alpha value is -0.830. The lowest BCUT2D eigenvalue weighted by Crippen LogP contribution is -2.49. The van der Waals surface area contributed by atoms with Gasteiger partial charge in [-0.1, -0.05) is 11.6 Å². The van der Waals surface area contributed by atoms with Crippen LogP contribution in [0.3, 0.4) is 0 Å². The summed E-state index contributed by atoms with van der Waals surface area (Å²) < 4.78 is 0. The van der Waals surface area contributed by atoms with Gasteiger partial charge in [0, 0.05) is 5.41 Å². The van der Waals surface area contributed by atoms with Crippen LogP contribution in [-0.2, 0) is 5.41 Å². The Kier molecular flexibility index (Phi) is 2.20. The van der Waals surface area contributed by atoms with Gasteiger partial charge >= 0.3 is 0 Å². The lowest BCUT2D eigenvalue weighted by Gasteiger charge is -2.56. The first-order valence-corrected chi connectivity index (χ1v) is 7.31. The molecule has 0 unspecified atom stereocenters. The maximum absolute atomic E-state index is 6.06. The Morgan fingerprint density at radius 3 is 2.11 bits per heavy atom. The van der Waals surface area contributed by atoms with Crippen LogP contribution in [-0.4, -0.2) is 9.97 Å². The highest BCUT2D eigenvalue weighted by atomic mass is 35.5. The van der Waals surface area contributed by atoms with Gasteiger partial charge in [-0.25, -0.2) is 9.97 Å². The van der Waals surface area contributed by atoms with E-state index in [1.807, 2.05) is 6.07 Å². The molecule has 96 valence electrons. The van der Waals surface area contributed by atoms with Gasteiger partial charge in [0.05, 0.1) is 5.69 Å². The Morgan fingerprint density at radius 1 is 1.06 bits per heavy atom. The van der Waals surface area contributed by atoms with Gasteiger partial charge in [-0.3, -0.25) is 0 Å². The lowest BCUT2D eigenvalue weighted by atomic mass is 9.49. The monoisotopic (exact) mass is 263 g/mol. The van der Waals surface area contributed by atoms with E-state index in [-0.39, 0.29) is 5.41 Å². The van der Waals surface area contributed by atoms with E-state index in [4.69, 9.17) is 17.3 Å². The fourth-order valence-electron chi connectivity index (χ4n) is 5.13. The van der Waals surface area contributed by atoms with Crippen LogP contribution in [0, 0.1) is 17.8 Å². The third-order valence-corrected chi connectivity index (χ3v) is 5.49. The van der Waals surface area contributed by atoms with E-state index in [0.29, 0.717) is 11.1 Å². The van der Waals surface area contributed by atoms with Crippen LogP contribution in [0.4, 0.5) is 5.95 Å². The average Bonchev–Trinajstić information content (AvgIpc) is 2.25. The molecule has 4 bridgehead atoms. The van der Waals surface area contributed by atoms with Crippen molar-refractivity contribution >= 4 is 17.5 Å². The zero-order valence-corrected chi connectivity index (χ0v) is 11.2. The fourth-order valence-corrected chi connectivity index (χ4v) is 5.32. The van der Waals surface area contributed by atoms with Crippen molar-refractivity contribution < 1.29 is 0 Å². The van der Waals surface area contributed by atoms with Crippen LogP contribution < -0.4 is 5.73 Å². The highest BCUT2D eigenvalue weighted by molar-refractivity contribution is 6.29. The molecule has 4 heteroatoms. The minimum Gasteiger partial charge on any atom is -0.368 e. The molecule has 0 spiro atoms. The van der Waals surface area contributed by atoms with Crippen molar-refractivity contribution in [1.82, 2.24) is 9.97 Å². The van der Waals surface area contributed by atoms with E-state index in [2.05, 4.69) is 9.97 Å². The first-order valence-electron chi connectivity index (χ1n) is 6.93. The second kappa shape index (κ2) is 3.60. The molecule has 3 nitrogen and oxygen atoms in total. The summed E-state index contributed by atoms with van der Waals surface area (Å²) in [6.07, 6.45) is 8.16. The Morgan fingerprint density at radius 2 is 1.61 bits per heavy atom. The van der Waals surface area contributed by atoms with Gasteiger partial charge in [-0.15, -0.1) is 0 Å². The van der Waals surface area contributed by atoms with Gasteiger partial charge in [0.15, 0.2) is 0 Å². The number of hydrogen-bond acceptors (Lipinski definition) is 3. The smallest absolute Gasteiger partial charge is 0.221 e. The van der Waals surface area contributed by atoms with E-state index in [0.717, 1.165) is 23.4 Å². The quantitative estimate of drug-likeness (QED) is 0.792. The van der Waals surface area contributed by atoms with Crippen LogP contribution in [0.15, 0.2) is 6.07 Å². The van der Waals surface area contributed by atoms with E-state index >= 15 is 0 Å². The molecule has 0 aliphatic heterocycles. The minimum absolute atomic E-state index is 0.259. The Labute approximate surface area is 112 Å². The third kappa shape index (κ3) is 1.56. The van der Waals surface area contributed by atoms with Crippen molar-refractivity contribution in [3.63, 3.8) is 0 Å². The molecule has 18 heavy (non-hydrogen) atoms. The molecule has 1 aromatic rings. The molecule has 4 aliphatic rings. The number of nitrogen functional groups attached to an aromatic ring is 1. The molecule has 0 aromatic carbocycles. The van der Waals surface area contributed by atoms with Crippen molar-refractivity contribution in [1.29, 1.82) is 0 Å². The molecule has 5 rings (SSSR count). The van der Waals surface area contributed by atoms with Crippen molar-refractivity contribution in [3.8, 4) is 0 Å². The minimum atomic E-state index is 0.259. The molecule has 4 aliphatic carbocycles. The third-order valence-electron chi connectivity index (χ3n) is 5.29. The number of nitrogens with zero attached hydrogens (tertiary/aromatic N) is 2. The van der Waals surface area contributed by atoms with Gasteiger partial charge in [-0.05, 0) is 62.3 Å². The molecule has 1 aromatic heterocycles. The zero-order chi connectivity index (χ0) is 12.3. The summed E-state index contributed by atoms with van der Waals surface area (Å²) in [6, 6.07) is 1.95. The lowest BCUT2D eigenvalue weighted by molar-refractivity contribution is -0.00718. The van der Waals surface area contributed by atoms with E-state index in [1.54, 1.807) is 0 Å². The molecule has 0 saturated heterocycles. The average molecular weight is 264 g/mol. The number of nitrogens with two attached hydrogens (primary N) is 1. The molecular weight excluding hydrogens is 246 g/mol. The van der Waals surface area contributed by atoms with E-state index in [9.17, 15) is 0 Å². The van der Waals surface area contributed by atoms with Crippen molar-refractivity contribution in [2.75, 3.05) is 5.73 Å². The maximum Gasteiger partial charge on any atom is 0.221 e. The molecule has 1 heterocycles. The summed E-state index contributed by atoms with van der Waals surface area (Å²) in [7, 11) is 0. The van der Waals surface area contributed by atoms with Gasteiger partial charge < -0.3 is 5.73 Å².